The van der Waals surface area contributed by atoms with E-state index in [1.165, 1.54) is 11.6 Å². The Morgan fingerprint density at radius 3 is 2.45 bits per heavy atom. The number of allylic oxidation sites excluding steroid dienone is 1. The lowest BCUT2D eigenvalue weighted by atomic mass is 10.0. The minimum atomic E-state index is -0.138. The van der Waals surface area contributed by atoms with Gasteiger partial charge in [-0.15, -0.1) is 0 Å². The van der Waals surface area contributed by atoms with Crippen molar-refractivity contribution in [3.8, 4) is 11.5 Å². The number of aromatic hydroxyl groups is 1. The van der Waals surface area contributed by atoms with Gasteiger partial charge in [-0.05, 0) is 41.7 Å². The van der Waals surface area contributed by atoms with Crippen LogP contribution >= 0.6 is 0 Å². The molecule has 0 radical (unpaired) electrons. The van der Waals surface area contributed by atoms with Gasteiger partial charge < -0.3 is 9.84 Å². The quantitative estimate of drug-likeness (QED) is 0.833. The number of Topliss-reactive ketones (excluding diaryl/α,β-unsaturated/α-hetero) is 1. The maximum absolute atomic E-state index is 12.4. The molecule has 1 aliphatic rings. The smallest absolute Gasteiger partial charge is 0.232 e. The lowest BCUT2D eigenvalue weighted by Gasteiger charge is -2.05. The van der Waals surface area contributed by atoms with Crippen molar-refractivity contribution in [1.82, 2.24) is 0 Å². The van der Waals surface area contributed by atoms with E-state index < -0.39 is 0 Å². The van der Waals surface area contributed by atoms with Crippen LogP contribution in [-0.4, -0.2) is 10.9 Å². The van der Waals surface area contributed by atoms with Crippen LogP contribution < -0.4 is 4.74 Å². The lowest BCUT2D eigenvalue weighted by molar-refractivity contribution is 0.101. The van der Waals surface area contributed by atoms with Gasteiger partial charge in [0, 0.05) is 6.07 Å². The van der Waals surface area contributed by atoms with Crippen LogP contribution in [0.2, 0.25) is 0 Å². The highest BCUT2D eigenvalue weighted by atomic mass is 16.5. The first kappa shape index (κ1) is 14.4. The van der Waals surface area contributed by atoms with Crippen LogP contribution in [0.3, 0.4) is 0 Å². The fourth-order valence-electron chi connectivity index (χ4n) is 2.62. The topological polar surface area (TPSA) is 46.5 Å². The molecule has 0 bridgehead atoms. The van der Waals surface area contributed by atoms with Gasteiger partial charge in [0.2, 0.25) is 5.78 Å². The van der Waals surface area contributed by atoms with Crippen molar-refractivity contribution >= 4 is 11.9 Å². The number of fused-ring (bicyclic) bond motifs is 1. The number of rotatable bonds is 2. The molecule has 22 heavy (non-hydrogen) atoms. The van der Waals surface area contributed by atoms with Crippen molar-refractivity contribution in [2.75, 3.05) is 0 Å². The molecule has 3 rings (SSSR count). The summed E-state index contributed by atoms with van der Waals surface area (Å²) in [6.07, 6.45) is 1.74. The number of ketones is 1. The average molecular weight is 294 g/mol. The van der Waals surface area contributed by atoms with Gasteiger partial charge in [0.15, 0.2) is 5.76 Å². The molecule has 0 aromatic heterocycles. The molecule has 3 heteroatoms. The molecular weight excluding hydrogens is 276 g/mol. The second-order valence-corrected chi connectivity index (χ2v) is 5.90. The predicted molar refractivity (Wildman–Crippen MR) is 86.3 cm³/mol. The van der Waals surface area contributed by atoms with Crippen molar-refractivity contribution in [2.24, 2.45) is 0 Å². The van der Waals surface area contributed by atoms with Crippen LogP contribution in [-0.2, 0) is 0 Å². The Kier molecular flexibility index (Phi) is 3.49. The third-order valence-corrected chi connectivity index (χ3v) is 3.86. The summed E-state index contributed by atoms with van der Waals surface area (Å²) in [4.78, 5) is 12.4. The molecule has 2 aromatic rings. The first-order valence-electron chi connectivity index (χ1n) is 7.33. The largest absolute Gasteiger partial charge is 0.508 e. The molecule has 0 aliphatic carbocycles. The number of hydrogen-bond acceptors (Lipinski definition) is 3. The Hall–Kier alpha value is -2.55. The SMILES string of the molecule is Cc1cc(O)cc2c1C(=O)/C(=C\c1ccc(C(C)C)cc1)O2. The van der Waals surface area contributed by atoms with Gasteiger partial charge in [-0.1, -0.05) is 38.1 Å². The van der Waals surface area contributed by atoms with E-state index in [0.29, 0.717) is 23.0 Å². The second kappa shape index (κ2) is 5.34. The number of hydrogen-bond donors (Lipinski definition) is 1. The molecule has 0 saturated heterocycles. The van der Waals surface area contributed by atoms with Gasteiger partial charge in [-0.2, -0.15) is 0 Å². The van der Waals surface area contributed by atoms with Gasteiger partial charge >= 0.3 is 0 Å². The summed E-state index contributed by atoms with van der Waals surface area (Å²) < 4.78 is 5.61. The summed E-state index contributed by atoms with van der Waals surface area (Å²) in [5.41, 5.74) is 3.42. The number of benzene rings is 2. The standard InChI is InChI=1S/C19H18O3/c1-11(2)14-6-4-13(5-7-14)9-17-19(21)18-12(3)8-15(20)10-16(18)22-17/h4-11,20H,1-3H3/b17-9+. The second-order valence-electron chi connectivity index (χ2n) is 5.90. The number of carbonyl (C=O) groups excluding carboxylic acids is 1. The normalized spacial score (nSPS) is 15.3. The minimum Gasteiger partial charge on any atom is -0.508 e. The zero-order valence-corrected chi connectivity index (χ0v) is 12.9. The van der Waals surface area contributed by atoms with Gasteiger partial charge in [-0.25, -0.2) is 0 Å². The van der Waals surface area contributed by atoms with Gasteiger partial charge in [0.05, 0.1) is 5.56 Å². The van der Waals surface area contributed by atoms with Crippen LogP contribution in [0.4, 0.5) is 0 Å². The van der Waals surface area contributed by atoms with Crippen LogP contribution in [0.5, 0.6) is 11.5 Å². The number of phenolic OH excluding ortho intramolecular Hbond substituents is 1. The molecule has 0 unspecified atom stereocenters. The predicted octanol–water partition coefficient (Wildman–Crippen LogP) is 4.44. The van der Waals surface area contributed by atoms with Crippen molar-refractivity contribution in [3.05, 3.63) is 64.4 Å². The summed E-state index contributed by atoms with van der Waals surface area (Å²) >= 11 is 0. The maximum atomic E-state index is 12.4. The highest BCUT2D eigenvalue weighted by Gasteiger charge is 2.29. The Balaban J connectivity index is 1.94. The molecule has 0 saturated carbocycles. The van der Waals surface area contributed by atoms with E-state index in [4.69, 9.17) is 4.74 Å². The lowest BCUT2D eigenvalue weighted by Crippen LogP contribution is -1.99. The fraction of sp³-hybridized carbons (Fsp3) is 0.211. The molecule has 1 heterocycles. The minimum absolute atomic E-state index is 0.103. The van der Waals surface area contributed by atoms with Crippen molar-refractivity contribution in [2.45, 2.75) is 26.7 Å². The van der Waals surface area contributed by atoms with Crippen LogP contribution in [0.1, 0.15) is 46.8 Å². The Morgan fingerprint density at radius 2 is 1.82 bits per heavy atom. The first-order chi connectivity index (χ1) is 10.5. The molecular formula is C19H18O3. The zero-order valence-electron chi connectivity index (χ0n) is 12.9. The number of aryl methyl sites for hydroxylation is 1. The zero-order chi connectivity index (χ0) is 15.9. The summed E-state index contributed by atoms with van der Waals surface area (Å²) in [7, 11) is 0. The monoisotopic (exact) mass is 294 g/mol. The van der Waals surface area contributed by atoms with Crippen LogP contribution in [0, 0.1) is 6.92 Å². The van der Waals surface area contributed by atoms with E-state index in [1.54, 1.807) is 19.1 Å². The molecule has 2 aromatic carbocycles. The Bertz CT molecular complexity index is 768. The van der Waals surface area contributed by atoms with E-state index in [1.807, 2.05) is 12.1 Å². The maximum Gasteiger partial charge on any atom is 0.232 e. The molecule has 3 nitrogen and oxygen atoms in total. The highest BCUT2D eigenvalue weighted by Crippen LogP contribution is 2.37. The van der Waals surface area contributed by atoms with E-state index >= 15 is 0 Å². The fourth-order valence-corrected chi connectivity index (χ4v) is 2.62. The van der Waals surface area contributed by atoms with E-state index in [0.717, 1.165) is 11.1 Å². The third-order valence-electron chi connectivity index (χ3n) is 3.86. The van der Waals surface area contributed by atoms with E-state index in [-0.39, 0.29) is 11.5 Å². The molecule has 0 fully saturated rings. The Morgan fingerprint density at radius 1 is 1.14 bits per heavy atom. The molecule has 112 valence electrons. The number of ether oxygens (including phenoxy) is 1. The van der Waals surface area contributed by atoms with E-state index in [9.17, 15) is 9.90 Å². The summed E-state index contributed by atoms with van der Waals surface area (Å²) in [6, 6.07) is 11.1. The van der Waals surface area contributed by atoms with E-state index in [2.05, 4.69) is 26.0 Å². The first-order valence-corrected chi connectivity index (χ1v) is 7.33. The average Bonchev–Trinajstić information content (AvgIpc) is 2.75. The van der Waals surface area contributed by atoms with Gasteiger partial charge in [-0.3, -0.25) is 4.79 Å². The van der Waals surface area contributed by atoms with Crippen molar-refractivity contribution in [1.29, 1.82) is 0 Å². The molecule has 1 aliphatic heterocycles. The number of phenols is 1. The van der Waals surface area contributed by atoms with Crippen LogP contribution in [0.15, 0.2) is 42.2 Å². The van der Waals surface area contributed by atoms with Crippen molar-refractivity contribution in [3.63, 3.8) is 0 Å². The van der Waals surface area contributed by atoms with Gasteiger partial charge in [0.25, 0.3) is 0 Å². The third kappa shape index (κ3) is 2.50. The summed E-state index contributed by atoms with van der Waals surface area (Å²) in [5.74, 6) is 1.15. The van der Waals surface area contributed by atoms with Gasteiger partial charge in [0.1, 0.15) is 11.5 Å². The van der Waals surface area contributed by atoms with Crippen LogP contribution in [0.25, 0.3) is 6.08 Å². The number of carbonyl (C=O) groups is 1. The molecule has 1 N–H and O–H groups in total. The highest BCUT2D eigenvalue weighted by molar-refractivity contribution is 6.15. The van der Waals surface area contributed by atoms with Crippen molar-refractivity contribution < 1.29 is 14.6 Å². The molecule has 0 atom stereocenters. The molecule has 0 amide bonds. The summed E-state index contributed by atoms with van der Waals surface area (Å²) in [5, 5.41) is 9.61. The Labute approximate surface area is 129 Å². The summed E-state index contributed by atoms with van der Waals surface area (Å²) in [6.45, 7) is 6.08. The molecule has 0 spiro atoms.